The van der Waals surface area contributed by atoms with Crippen LogP contribution < -0.4 is 10.6 Å². The number of carbonyl (C=O) groups excluding carboxylic acids is 2. The van der Waals surface area contributed by atoms with Gasteiger partial charge in [0.2, 0.25) is 5.91 Å². The first-order valence-corrected chi connectivity index (χ1v) is 17.8. The second kappa shape index (κ2) is 11.1. The van der Waals surface area contributed by atoms with E-state index in [1.54, 1.807) is 12.1 Å². The molecule has 0 radical (unpaired) electrons. The number of aliphatic hydroxyl groups excluding tert-OH is 1. The zero-order chi connectivity index (χ0) is 32.6. The number of hydrogen-bond acceptors (Lipinski definition) is 4. The molecule has 6 rings (SSSR count). The number of benzene rings is 1. The van der Waals surface area contributed by atoms with Crippen LogP contribution in [0, 0.1) is 56.7 Å². The van der Waals surface area contributed by atoms with Gasteiger partial charge in [0.1, 0.15) is 5.75 Å². The highest BCUT2D eigenvalue weighted by Crippen LogP contribution is 2.77. The summed E-state index contributed by atoms with van der Waals surface area (Å²) in [5.74, 6) is 2.43. The summed E-state index contributed by atoms with van der Waals surface area (Å²) in [5.41, 5.74) is 1.90. The molecule has 45 heavy (non-hydrogen) atoms. The Labute approximate surface area is 271 Å². The van der Waals surface area contributed by atoms with Crippen LogP contribution in [0.4, 0.5) is 0 Å². The van der Waals surface area contributed by atoms with E-state index >= 15 is 0 Å². The topological polar surface area (TPSA) is 98.7 Å². The molecule has 1 aromatic rings. The molecule has 0 saturated heterocycles. The first kappa shape index (κ1) is 32.6. The molecule has 1 aromatic carbocycles. The number of phenolic OH excluding ortho intramolecular Hbond substituents is 1. The molecule has 6 nitrogen and oxygen atoms in total. The van der Waals surface area contributed by atoms with Crippen molar-refractivity contribution in [2.75, 3.05) is 13.1 Å². The Hall–Kier alpha value is -2.34. The van der Waals surface area contributed by atoms with Crippen LogP contribution in [0.15, 0.2) is 36.4 Å². The summed E-state index contributed by atoms with van der Waals surface area (Å²) in [4.78, 5) is 26.9. The monoisotopic (exact) mass is 618 g/mol. The van der Waals surface area contributed by atoms with Crippen molar-refractivity contribution in [1.29, 1.82) is 0 Å². The largest absolute Gasteiger partial charge is 0.508 e. The van der Waals surface area contributed by atoms with Gasteiger partial charge in [0, 0.05) is 18.7 Å². The van der Waals surface area contributed by atoms with Crippen LogP contribution in [0.3, 0.4) is 0 Å². The highest BCUT2D eigenvalue weighted by atomic mass is 16.3. The van der Waals surface area contributed by atoms with Crippen molar-refractivity contribution in [3.63, 3.8) is 0 Å². The molecule has 5 aliphatic carbocycles. The molecule has 10 atom stereocenters. The van der Waals surface area contributed by atoms with Gasteiger partial charge in [0.25, 0.3) is 5.91 Å². The minimum absolute atomic E-state index is 0.0497. The number of rotatable bonds is 6. The lowest BCUT2D eigenvalue weighted by Gasteiger charge is -2.72. The summed E-state index contributed by atoms with van der Waals surface area (Å²) in [6.45, 7) is 19.9. The second-order valence-electron chi connectivity index (χ2n) is 17.3. The van der Waals surface area contributed by atoms with Crippen LogP contribution in [0.25, 0.3) is 0 Å². The molecule has 5 saturated carbocycles. The number of carbonyl (C=O) groups is 2. The molecule has 0 bridgehead atoms. The first-order valence-electron chi connectivity index (χ1n) is 17.8. The fourth-order valence-electron chi connectivity index (χ4n) is 12.8. The lowest BCUT2D eigenvalue weighted by Crippen LogP contribution is -2.67. The molecule has 5 aliphatic rings. The Morgan fingerprint density at radius 3 is 2.20 bits per heavy atom. The molecule has 0 unspecified atom stereocenters. The zero-order valence-electron chi connectivity index (χ0n) is 28.7. The van der Waals surface area contributed by atoms with Gasteiger partial charge in [-0.1, -0.05) is 46.8 Å². The standard InChI is InChI=1S/C39H58N2O4/c1-24(2)27-14-19-39(34(45)41-23-22-40-33(44)25-8-10-26(42)11-9-25)21-20-37(6)28(32(27)39)12-13-30-36(5)17-16-31(43)35(3,4)29(36)15-18-38(30,37)7/h8-11,27-32,42-43H,1,12-23H2,2-7H3,(H,40,44)(H,41,45)/t27-,28+,29-,30+,31-,32+,36-,37+,38+,39-/m0/s1. The predicted molar refractivity (Wildman–Crippen MR) is 178 cm³/mol. The van der Waals surface area contributed by atoms with E-state index in [1.165, 1.54) is 43.4 Å². The van der Waals surface area contributed by atoms with E-state index in [0.717, 1.165) is 38.5 Å². The summed E-state index contributed by atoms with van der Waals surface area (Å²) in [5, 5.41) is 26.8. The quantitative estimate of drug-likeness (QED) is 0.199. The zero-order valence-corrected chi connectivity index (χ0v) is 28.7. The van der Waals surface area contributed by atoms with Crippen LogP contribution in [0.1, 0.15) is 116 Å². The highest BCUT2D eigenvalue weighted by Gasteiger charge is 2.71. The van der Waals surface area contributed by atoms with Crippen molar-refractivity contribution in [1.82, 2.24) is 10.6 Å². The van der Waals surface area contributed by atoms with Crippen LogP contribution in [-0.2, 0) is 4.79 Å². The van der Waals surface area contributed by atoms with Gasteiger partial charge in [-0.3, -0.25) is 9.59 Å². The van der Waals surface area contributed by atoms with Crippen LogP contribution in [0.5, 0.6) is 5.75 Å². The molecule has 6 heteroatoms. The number of allylic oxidation sites excluding steroid dienone is 1. The SMILES string of the molecule is C=C(C)[C@@H]1CC[C@]2(C(=O)NCCNC(=O)c3ccc(O)cc3)CC[C@]3(C)[C@H](CC[C@@H]4[C@@]5(C)CC[C@H](O)C(C)(C)[C@@H]5CC[C@]43C)[C@@H]12. The summed E-state index contributed by atoms with van der Waals surface area (Å²) >= 11 is 0. The highest BCUT2D eigenvalue weighted by molar-refractivity contribution is 5.94. The number of phenols is 1. The molecule has 0 aliphatic heterocycles. The molecule has 0 heterocycles. The average molecular weight is 619 g/mol. The van der Waals surface area contributed by atoms with Gasteiger partial charge in [-0.05, 0) is 147 Å². The fraction of sp³-hybridized carbons (Fsp3) is 0.744. The molecule has 0 spiro atoms. The van der Waals surface area contributed by atoms with Crippen molar-refractivity contribution in [3.05, 3.63) is 42.0 Å². The van der Waals surface area contributed by atoms with Crippen LogP contribution in [-0.4, -0.2) is 41.2 Å². The van der Waals surface area contributed by atoms with Gasteiger partial charge in [-0.2, -0.15) is 0 Å². The van der Waals surface area contributed by atoms with Crippen LogP contribution >= 0.6 is 0 Å². The summed E-state index contributed by atoms with van der Waals surface area (Å²) in [6.07, 6.45) is 10.6. The maximum Gasteiger partial charge on any atom is 0.251 e. The van der Waals surface area contributed by atoms with E-state index in [1.807, 2.05) is 0 Å². The Balaban J connectivity index is 1.22. The van der Waals surface area contributed by atoms with Gasteiger partial charge in [0.15, 0.2) is 0 Å². The third-order valence-corrected chi connectivity index (χ3v) is 15.3. The summed E-state index contributed by atoms with van der Waals surface area (Å²) in [6, 6.07) is 6.21. The van der Waals surface area contributed by atoms with E-state index in [2.05, 4.69) is 58.8 Å². The van der Waals surface area contributed by atoms with Gasteiger partial charge in [-0.25, -0.2) is 0 Å². The maximum absolute atomic E-state index is 14.3. The third kappa shape index (κ3) is 4.73. The van der Waals surface area contributed by atoms with Gasteiger partial charge < -0.3 is 20.8 Å². The van der Waals surface area contributed by atoms with Crippen molar-refractivity contribution in [2.24, 2.45) is 56.7 Å². The minimum Gasteiger partial charge on any atom is -0.508 e. The van der Waals surface area contributed by atoms with Crippen molar-refractivity contribution >= 4 is 11.8 Å². The Morgan fingerprint density at radius 1 is 0.822 bits per heavy atom. The Kier molecular flexibility index (Phi) is 8.06. The lowest BCUT2D eigenvalue weighted by molar-refractivity contribution is -0.246. The van der Waals surface area contributed by atoms with Crippen LogP contribution in [0.2, 0.25) is 0 Å². The van der Waals surface area contributed by atoms with E-state index in [0.29, 0.717) is 48.2 Å². The normalized spacial score (nSPS) is 43.2. The van der Waals surface area contributed by atoms with E-state index < -0.39 is 0 Å². The molecule has 248 valence electrons. The molecular formula is C39H58N2O4. The van der Waals surface area contributed by atoms with Crippen molar-refractivity contribution in [3.8, 4) is 5.75 Å². The molecule has 2 amide bonds. The van der Waals surface area contributed by atoms with Gasteiger partial charge >= 0.3 is 0 Å². The number of aromatic hydroxyl groups is 1. The predicted octanol–water partition coefficient (Wildman–Crippen LogP) is 7.26. The van der Waals surface area contributed by atoms with E-state index in [-0.39, 0.29) is 50.7 Å². The Morgan fingerprint density at radius 2 is 1.51 bits per heavy atom. The summed E-state index contributed by atoms with van der Waals surface area (Å²) in [7, 11) is 0. The molecular weight excluding hydrogens is 560 g/mol. The average Bonchev–Trinajstić information content (AvgIpc) is 3.39. The smallest absolute Gasteiger partial charge is 0.251 e. The Bertz CT molecular complexity index is 1340. The number of aliphatic hydroxyl groups is 1. The third-order valence-electron chi connectivity index (χ3n) is 15.3. The van der Waals surface area contributed by atoms with Gasteiger partial charge in [-0.15, -0.1) is 0 Å². The molecule has 4 N–H and O–H groups in total. The molecule has 5 fully saturated rings. The number of nitrogens with one attached hydrogen (secondary N) is 2. The van der Waals surface area contributed by atoms with E-state index in [4.69, 9.17) is 0 Å². The summed E-state index contributed by atoms with van der Waals surface area (Å²) < 4.78 is 0. The van der Waals surface area contributed by atoms with Crippen molar-refractivity contribution < 1.29 is 19.8 Å². The van der Waals surface area contributed by atoms with Gasteiger partial charge in [0.05, 0.1) is 11.5 Å². The van der Waals surface area contributed by atoms with Crippen molar-refractivity contribution in [2.45, 2.75) is 112 Å². The van der Waals surface area contributed by atoms with E-state index in [9.17, 15) is 19.8 Å². The minimum atomic E-state index is -0.379. The maximum atomic E-state index is 14.3. The first-order chi connectivity index (χ1) is 21.1. The lowest BCUT2D eigenvalue weighted by atomic mass is 9.32. The second-order valence-corrected chi connectivity index (χ2v) is 17.3. The number of fused-ring (bicyclic) bond motifs is 7. The fourth-order valence-corrected chi connectivity index (χ4v) is 12.8. The molecule has 0 aromatic heterocycles. The number of hydrogen-bond donors (Lipinski definition) is 4. The number of amides is 2.